The van der Waals surface area contributed by atoms with Crippen LogP contribution in [0.3, 0.4) is 0 Å². The number of hydrogen-bond acceptors (Lipinski definition) is 6. The average Bonchev–Trinajstić information content (AvgIpc) is 3.32. The van der Waals surface area contributed by atoms with Gasteiger partial charge in [0, 0.05) is 55.7 Å². The molecule has 1 saturated heterocycles. The van der Waals surface area contributed by atoms with Crippen molar-refractivity contribution in [1.82, 2.24) is 24.6 Å². The first kappa shape index (κ1) is 17.0. The predicted molar refractivity (Wildman–Crippen MR) is 104 cm³/mol. The van der Waals surface area contributed by atoms with E-state index in [-0.39, 0.29) is 5.60 Å². The van der Waals surface area contributed by atoms with Crippen molar-refractivity contribution in [3.05, 3.63) is 53.1 Å². The number of fused-ring (bicyclic) bond motifs is 2. The van der Waals surface area contributed by atoms with Crippen LogP contribution in [0.4, 0.5) is 0 Å². The third kappa shape index (κ3) is 3.20. The summed E-state index contributed by atoms with van der Waals surface area (Å²) in [6.45, 7) is 3.87. The Morgan fingerprint density at radius 3 is 2.85 bits per heavy atom. The molecule has 0 amide bonds. The Hall–Kier alpha value is -2.09. The van der Waals surface area contributed by atoms with Crippen molar-refractivity contribution >= 4 is 11.3 Å². The van der Waals surface area contributed by atoms with E-state index in [0.717, 1.165) is 51.2 Å². The van der Waals surface area contributed by atoms with Crippen molar-refractivity contribution < 1.29 is 4.74 Å². The predicted octanol–water partition coefficient (Wildman–Crippen LogP) is 3.00. The lowest BCUT2D eigenvalue weighted by molar-refractivity contribution is -0.0960. The number of thiophene rings is 1. The molecule has 0 aliphatic carbocycles. The molecule has 3 aromatic rings. The van der Waals surface area contributed by atoms with Crippen LogP contribution in [-0.2, 0) is 30.4 Å². The number of piperidine rings is 1. The highest BCUT2D eigenvalue weighted by molar-refractivity contribution is 7.15. The molecule has 2 aliphatic heterocycles. The molecule has 0 unspecified atom stereocenters. The molecule has 27 heavy (non-hydrogen) atoms. The molecule has 0 atom stereocenters. The van der Waals surface area contributed by atoms with Gasteiger partial charge in [0.1, 0.15) is 5.60 Å². The van der Waals surface area contributed by atoms with E-state index < -0.39 is 0 Å². The fourth-order valence-corrected chi connectivity index (χ4v) is 5.60. The van der Waals surface area contributed by atoms with Gasteiger partial charge in [0.05, 0.1) is 29.6 Å². The summed E-state index contributed by atoms with van der Waals surface area (Å²) < 4.78 is 8.29. The summed E-state index contributed by atoms with van der Waals surface area (Å²) in [6, 6.07) is 2.30. The Bertz CT molecular complexity index is 927. The van der Waals surface area contributed by atoms with E-state index in [4.69, 9.17) is 4.74 Å². The maximum Gasteiger partial charge on any atom is 0.105 e. The maximum atomic E-state index is 6.42. The van der Waals surface area contributed by atoms with E-state index in [2.05, 4.69) is 32.2 Å². The normalized spacial score (nSPS) is 19.3. The van der Waals surface area contributed by atoms with Crippen LogP contribution in [0.2, 0.25) is 0 Å². The van der Waals surface area contributed by atoms with Gasteiger partial charge < -0.3 is 4.74 Å². The Morgan fingerprint density at radius 1 is 1.22 bits per heavy atom. The molecule has 7 heteroatoms. The summed E-state index contributed by atoms with van der Waals surface area (Å²) in [5.41, 5.74) is 3.55. The number of ether oxygens (including phenoxy) is 1. The van der Waals surface area contributed by atoms with Crippen LogP contribution >= 0.6 is 11.3 Å². The fourth-order valence-electron chi connectivity index (χ4n) is 4.23. The van der Waals surface area contributed by atoms with Gasteiger partial charge in [-0.25, -0.2) is 0 Å². The Balaban J connectivity index is 1.35. The fraction of sp³-hybridized carbons (Fsp3) is 0.450. The monoisotopic (exact) mass is 381 g/mol. The lowest BCUT2D eigenvalue weighted by Crippen LogP contribution is -2.45. The van der Waals surface area contributed by atoms with Crippen molar-refractivity contribution in [3.63, 3.8) is 0 Å². The minimum atomic E-state index is -0.121. The van der Waals surface area contributed by atoms with Crippen LogP contribution in [0, 0.1) is 0 Å². The average molecular weight is 382 g/mol. The first-order valence-corrected chi connectivity index (χ1v) is 10.3. The Kier molecular flexibility index (Phi) is 4.30. The highest BCUT2D eigenvalue weighted by Gasteiger charge is 2.42. The highest BCUT2D eigenvalue weighted by atomic mass is 32.1. The molecule has 0 radical (unpaired) electrons. The van der Waals surface area contributed by atoms with Gasteiger partial charge in [-0.05, 0) is 30.9 Å². The largest absolute Gasteiger partial charge is 0.369 e. The number of aromatic nitrogens is 4. The first-order valence-electron chi connectivity index (χ1n) is 9.45. The van der Waals surface area contributed by atoms with Crippen LogP contribution in [0.1, 0.15) is 28.8 Å². The molecular formula is C20H23N5OS. The first-order chi connectivity index (χ1) is 13.2. The molecule has 0 aromatic carbocycles. The van der Waals surface area contributed by atoms with E-state index >= 15 is 0 Å². The summed E-state index contributed by atoms with van der Waals surface area (Å²) in [5, 5.41) is 4.28. The second-order valence-corrected chi connectivity index (χ2v) is 8.50. The number of rotatable bonds is 3. The van der Waals surface area contributed by atoms with E-state index in [9.17, 15) is 0 Å². The zero-order chi connectivity index (χ0) is 18.3. The molecule has 2 aliphatic rings. The topological polar surface area (TPSA) is 56.1 Å². The molecule has 1 spiro atoms. The van der Waals surface area contributed by atoms with Gasteiger partial charge in [-0.15, -0.1) is 11.3 Å². The summed E-state index contributed by atoms with van der Waals surface area (Å²) in [4.78, 5) is 13.8. The molecule has 1 fully saturated rings. The molecular weight excluding hydrogens is 358 g/mol. The van der Waals surface area contributed by atoms with Gasteiger partial charge >= 0.3 is 0 Å². The Morgan fingerprint density at radius 2 is 2.11 bits per heavy atom. The van der Waals surface area contributed by atoms with Crippen LogP contribution in [0.25, 0.3) is 10.6 Å². The molecule has 5 rings (SSSR count). The molecule has 0 N–H and O–H groups in total. The quantitative estimate of drug-likeness (QED) is 0.698. The van der Waals surface area contributed by atoms with Gasteiger partial charge in [-0.3, -0.25) is 19.5 Å². The van der Waals surface area contributed by atoms with Crippen LogP contribution in [-0.4, -0.2) is 44.3 Å². The molecule has 0 saturated carbocycles. The minimum Gasteiger partial charge on any atom is -0.369 e. The standard InChI is InChI=1S/C20H23N5OS/c1-24-13-15(11-23-24)14-25-7-3-20(4-8-25)19-16(2-9-26-20)10-18(27-19)17-12-21-5-6-22-17/h5-6,10-13H,2-4,7-9,14H2,1H3. The Labute approximate surface area is 162 Å². The van der Waals surface area contributed by atoms with Gasteiger partial charge in [0.25, 0.3) is 0 Å². The molecule has 0 bridgehead atoms. The van der Waals surface area contributed by atoms with Crippen LogP contribution in [0.15, 0.2) is 37.1 Å². The van der Waals surface area contributed by atoms with Gasteiger partial charge in [-0.2, -0.15) is 5.10 Å². The van der Waals surface area contributed by atoms with E-state index in [1.54, 1.807) is 12.4 Å². The molecule has 140 valence electrons. The number of likely N-dealkylation sites (tertiary alicyclic amines) is 1. The summed E-state index contributed by atoms with van der Waals surface area (Å²) >= 11 is 1.84. The van der Waals surface area contributed by atoms with E-state index in [0.29, 0.717) is 0 Å². The van der Waals surface area contributed by atoms with Crippen molar-refractivity contribution in [3.8, 4) is 10.6 Å². The maximum absolute atomic E-state index is 6.42. The minimum absolute atomic E-state index is 0.121. The highest BCUT2D eigenvalue weighted by Crippen LogP contribution is 2.47. The molecule has 6 nitrogen and oxygen atoms in total. The summed E-state index contributed by atoms with van der Waals surface area (Å²) in [5.74, 6) is 0. The zero-order valence-electron chi connectivity index (χ0n) is 15.5. The summed E-state index contributed by atoms with van der Waals surface area (Å²) in [6.07, 6.45) is 12.5. The van der Waals surface area contributed by atoms with Gasteiger partial charge in [0.2, 0.25) is 0 Å². The lowest BCUT2D eigenvalue weighted by atomic mass is 9.85. The van der Waals surface area contributed by atoms with Crippen LogP contribution < -0.4 is 0 Å². The second-order valence-electron chi connectivity index (χ2n) is 7.45. The van der Waals surface area contributed by atoms with Gasteiger partial charge in [0.15, 0.2) is 0 Å². The second kappa shape index (κ2) is 6.82. The van der Waals surface area contributed by atoms with Crippen molar-refractivity contribution in [1.29, 1.82) is 0 Å². The van der Waals surface area contributed by atoms with Crippen molar-refractivity contribution in [2.75, 3.05) is 19.7 Å². The number of nitrogens with zero attached hydrogens (tertiary/aromatic N) is 5. The van der Waals surface area contributed by atoms with Crippen molar-refractivity contribution in [2.24, 2.45) is 7.05 Å². The van der Waals surface area contributed by atoms with E-state index in [1.165, 1.54) is 20.9 Å². The summed E-state index contributed by atoms with van der Waals surface area (Å²) in [7, 11) is 1.97. The molecule has 3 aromatic heterocycles. The number of hydrogen-bond donors (Lipinski definition) is 0. The van der Waals surface area contributed by atoms with Crippen molar-refractivity contribution in [2.45, 2.75) is 31.4 Å². The zero-order valence-corrected chi connectivity index (χ0v) is 16.3. The number of aryl methyl sites for hydroxylation is 1. The third-order valence-electron chi connectivity index (χ3n) is 5.62. The SMILES string of the molecule is Cn1cc(CN2CCC3(CC2)OCCc2cc(-c4cnccn4)sc23)cn1. The smallest absolute Gasteiger partial charge is 0.105 e. The van der Waals surface area contributed by atoms with E-state index in [1.807, 2.05) is 35.5 Å². The molecule has 5 heterocycles. The van der Waals surface area contributed by atoms with Gasteiger partial charge in [-0.1, -0.05) is 0 Å². The third-order valence-corrected chi connectivity index (χ3v) is 7.00. The van der Waals surface area contributed by atoms with Crippen LogP contribution in [0.5, 0.6) is 0 Å². The lowest BCUT2D eigenvalue weighted by Gasteiger charge is -2.43.